The highest BCUT2D eigenvalue weighted by Gasteiger charge is 2.31. The van der Waals surface area contributed by atoms with Crippen molar-refractivity contribution in [1.82, 2.24) is 5.32 Å². The number of methoxy groups -OCH3 is 2. The van der Waals surface area contributed by atoms with Gasteiger partial charge in [-0.15, -0.1) is 11.8 Å². The van der Waals surface area contributed by atoms with E-state index in [2.05, 4.69) is 21.2 Å². The van der Waals surface area contributed by atoms with Gasteiger partial charge in [-0.2, -0.15) is 0 Å². The number of thioether (sulfide) groups is 1. The van der Waals surface area contributed by atoms with E-state index in [1.54, 1.807) is 26.0 Å². The van der Waals surface area contributed by atoms with Gasteiger partial charge in [0.15, 0.2) is 11.5 Å². The van der Waals surface area contributed by atoms with Gasteiger partial charge in [-0.25, -0.2) is 0 Å². The van der Waals surface area contributed by atoms with Gasteiger partial charge < -0.3 is 24.1 Å². The summed E-state index contributed by atoms with van der Waals surface area (Å²) >= 11 is 5.08. The van der Waals surface area contributed by atoms with Crippen LogP contribution in [-0.4, -0.2) is 50.3 Å². The van der Waals surface area contributed by atoms with E-state index in [1.807, 2.05) is 36.4 Å². The molecular weight excluding hydrogens is 462 g/mol. The van der Waals surface area contributed by atoms with Crippen molar-refractivity contribution in [3.8, 4) is 23.0 Å². The Kier molecular flexibility index (Phi) is 7.51. The summed E-state index contributed by atoms with van der Waals surface area (Å²) < 4.78 is 22.9. The molecule has 2 atom stereocenters. The van der Waals surface area contributed by atoms with Crippen LogP contribution in [-0.2, 0) is 4.79 Å². The van der Waals surface area contributed by atoms with E-state index in [9.17, 15) is 4.79 Å². The summed E-state index contributed by atoms with van der Waals surface area (Å²) in [5, 5.41) is 12.1. The molecule has 9 heteroatoms. The van der Waals surface area contributed by atoms with Crippen LogP contribution in [0.15, 0.2) is 40.9 Å². The number of nitrogens with one attached hydrogen (secondary N) is 1. The molecule has 0 spiro atoms. The molecule has 0 radical (unpaired) electrons. The number of carboxylic acid groups (broad SMARTS) is 1. The van der Waals surface area contributed by atoms with Crippen LogP contribution < -0.4 is 24.3 Å². The maximum Gasteiger partial charge on any atom is 0.321 e. The summed E-state index contributed by atoms with van der Waals surface area (Å²) in [7, 11) is 3.19. The highest BCUT2D eigenvalue weighted by molar-refractivity contribution is 9.10. The first-order valence-electron chi connectivity index (χ1n) is 8.89. The molecule has 2 aromatic carbocycles. The van der Waals surface area contributed by atoms with Crippen LogP contribution in [0.4, 0.5) is 0 Å². The van der Waals surface area contributed by atoms with Gasteiger partial charge in [-0.1, -0.05) is 0 Å². The predicted molar refractivity (Wildman–Crippen MR) is 114 cm³/mol. The Morgan fingerprint density at radius 2 is 1.83 bits per heavy atom. The minimum atomic E-state index is -0.845. The molecule has 2 aromatic rings. The highest BCUT2D eigenvalue weighted by atomic mass is 79.9. The van der Waals surface area contributed by atoms with Gasteiger partial charge in [0.1, 0.15) is 30.8 Å². The molecule has 7 nitrogen and oxygen atoms in total. The molecule has 3 rings (SSSR count). The summed E-state index contributed by atoms with van der Waals surface area (Å²) in [6.07, 6.45) is 0. The van der Waals surface area contributed by atoms with Crippen molar-refractivity contribution >= 4 is 33.7 Å². The van der Waals surface area contributed by atoms with Gasteiger partial charge >= 0.3 is 5.97 Å². The lowest BCUT2D eigenvalue weighted by molar-refractivity contribution is -0.138. The normalized spacial score (nSPS) is 18.3. The third kappa shape index (κ3) is 5.49. The molecule has 0 amide bonds. The molecule has 1 heterocycles. The Labute approximate surface area is 181 Å². The zero-order chi connectivity index (χ0) is 20.8. The number of aliphatic carboxylic acids is 1. The number of carbonyl (C=O) groups is 1. The maximum absolute atomic E-state index is 11.2. The number of ether oxygens (including phenoxy) is 4. The number of benzene rings is 2. The summed E-state index contributed by atoms with van der Waals surface area (Å²) in [4.78, 5) is 11.2. The van der Waals surface area contributed by atoms with Gasteiger partial charge in [0.25, 0.3) is 0 Å². The lowest BCUT2D eigenvalue weighted by Crippen LogP contribution is -2.33. The highest BCUT2D eigenvalue weighted by Crippen LogP contribution is 2.42. The topological polar surface area (TPSA) is 86.2 Å². The van der Waals surface area contributed by atoms with E-state index in [0.29, 0.717) is 30.5 Å². The standard InChI is InChI=1S/C20H22BrNO6S/c1-25-13-3-5-14(6-4-13)27-7-8-28-18-15(21)9-12(10-17(18)26-2)19-22-16(11-29-19)20(23)24/h3-6,9-10,16,19,22H,7-8,11H2,1-2H3,(H,23,24). The summed E-state index contributed by atoms with van der Waals surface area (Å²) in [5.74, 6) is 2.32. The maximum atomic E-state index is 11.2. The molecule has 0 saturated carbocycles. The molecule has 0 bridgehead atoms. The quantitative estimate of drug-likeness (QED) is 0.522. The molecule has 0 aromatic heterocycles. The molecule has 1 saturated heterocycles. The van der Waals surface area contributed by atoms with E-state index in [4.69, 9.17) is 24.1 Å². The number of carboxylic acids is 1. The first-order chi connectivity index (χ1) is 14.0. The third-order valence-electron chi connectivity index (χ3n) is 4.29. The van der Waals surface area contributed by atoms with Crippen LogP contribution >= 0.6 is 27.7 Å². The Bertz CT molecular complexity index is 848. The van der Waals surface area contributed by atoms with E-state index in [1.165, 1.54) is 0 Å². The van der Waals surface area contributed by atoms with Crippen LogP contribution in [0.2, 0.25) is 0 Å². The van der Waals surface area contributed by atoms with E-state index in [-0.39, 0.29) is 5.37 Å². The molecule has 2 N–H and O–H groups in total. The minimum absolute atomic E-state index is 0.117. The van der Waals surface area contributed by atoms with Gasteiger partial charge in [-0.05, 0) is 57.9 Å². The van der Waals surface area contributed by atoms with Gasteiger partial charge in [-0.3, -0.25) is 10.1 Å². The SMILES string of the molecule is COc1ccc(OCCOc2c(Br)cc(C3NC(C(=O)O)CS3)cc2OC)cc1. The summed E-state index contributed by atoms with van der Waals surface area (Å²) in [6.45, 7) is 0.696. The van der Waals surface area contributed by atoms with Crippen molar-refractivity contribution in [3.63, 3.8) is 0 Å². The molecule has 1 aliphatic heterocycles. The number of rotatable bonds is 9. The molecular formula is C20H22BrNO6S. The third-order valence-corrected chi connectivity index (χ3v) is 6.15. The van der Waals surface area contributed by atoms with Crippen molar-refractivity contribution in [2.75, 3.05) is 33.2 Å². The van der Waals surface area contributed by atoms with Crippen LogP contribution in [0.5, 0.6) is 23.0 Å². The first-order valence-corrected chi connectivity index (χ1v) is 10.7. The van der Waals surface area contributed by atoms with E-state index < -0.39 is 12.0 Å². The molecule has 2 unspecified atom stereocenters. The van der Waals surface area contributed by atoms with E-state index in [0.717, 1.165) is 21.5 Å². The van der Waals surface area contributed by atoms with Crippen molar-refractivity contribution in [1.29, 1.82) is 0 Å². The Morgan fingerprint density at radius 1 is 1.14 bits per heavy atom. The lowest BCUT2D eigenvalue weighted by Gasteiger charge is -2.17. The minimum Gasteiger partial charge on any atom is -0.497 e. The van der Waals surface area contributed by atoms with Gasteiger partial charge in [0.2, 0.25) is 0 Å². The van der Waals surface area contributed by atoms with Crippen LogP contribution in [0.1, 0.15) is 10.9 Å². The number of hydrogen-bond donors (Lipinski definition) is 2. The smallest absolute Gasteiger partial charge is 0.321 e. The molecule has 1 aliphatic rings. The number of halogens is 1. The Balaban J connectivity index is 1.59. The monoisotopic (exact) mass is 483 g/mol. The average molecular weight is 484 g/mol. The fourth-order valence-corrected chi connectivity index (χ4v) is 4.60. The predicted octanol–water partition coefficient (Wildman–Crippen LogP) is 3.71. The summed E-state index contributed by atoms with van der Waals surface area (Å²) in [5.41, 5.74) is 0.921. The largest absolute Gasteiger partial charge is 0.497 e. The van der Waals surface area contributed by atoms with Crippen LogP contribution in [0.25, 0.3) is 0 Å². The fraction of sp³-hybridized carbons (Fsp3) is 0.350. The second-order valence-corrected chi connectivity index (χ2v) is 8.17. The van der Waals surface area contributed by atoms with Crippen molar-refractivity contribution in [2.45, 2.75) is 11.4 Å². The Hall–Kier alpha value is -2.10. The lowest BCUT2D eigenvalue weighted by atomic mass is 10.2. The van der Waals surface area contributed by atoms with Crippen molar-refractivity contribution < 1.29 is 28.8 Å². The van der Waals surface area contributed by atoms with E-state index >= 15 is 0 Å². The molecule has 29 heavy (non-hydrogen) atoms. The molecule has 156 valence electrons. The van der Waals surface area contributed by atoms with Crippen LogP contribution in [0.3, 0.4) is 0 Å². The molecule has 0 aliphatic carbocycles. The second kappa shape index (κ2) is 10.1. The van der Waals surface area contributed by atoms with Gasteiger partial charge in [0, 0.05) is 5.75 Å². The van der Waals surface area contributed by atoms with Crippen LogP contribution in [0, 0.1) is 0 Å². The van der Waals surface area contributed by atoms with Gasteiger partial charge in [0.05, 0.1) is 24.1 Å². The first kappa shape index (κ1) is 21.6. The second-order valence-electron chi connectivity index (χ2n) is 6.18. The van der Waals surface area contributed by atoms with Crippen molar-refractivity contribution in [2.24, 2.45) is 0 Å². The zero-order valence-electron chi connectivity index (χ0n) is 16.0. The number of hydrogen-bond acceptors (Lipinski definition) is 7. The molecule has 1 fully saturated rings. The summed E-state index contributed by atoms with van der Waals surface area (Å²) in [6, 6.07) is 10.6. The Morgan fingerprint density at radius 3 is 2.45 bits per heavy atom. The average Bonchev–Trinajstić information content (AvgIpc) is 3.23. The fourth-order valence-electron chi connectivity index (χ4n) is 2.81. The zero-order valence-corrected chi connectivity index (χ0v) is 18.4. The van der Waals surface area contributed by atoms with Crippen molar-refractivity contribution in [3.05, 3.63) is 46.4 Å².